The molecular weight excluding hydrogens is 370 g/mol. The van der Waals surface area contributed by atoms with Crippen LogP contribution in [0, 0.1) is 0 Å². The Labute approximate surface area is 174 Å². The molecule has 1 aliphatic heterocycles. The van der Waals surface area contributed by atoms with Gasteiger partial charge >= 0.3 is 0 Å². The van der Waals surface area contributed by atoms with Gasteiger partial charge in [-0.15, -0.1) is 5.10 Å². The van der Waals surface area contributed by atoms with Gasteiger partial charge in [0.05, 0.1) is 17.9 Å². The van der Waals surface area contributed by atoms with Crippen LogP contribution in [-0.2, 0) is 6.54 Å². The second kappa shape index (κ2) is 6.75. The molecule has 0 saturated heterocycles. The number of rotatable bonds is 2. The molecule has 6 rings (SSSR count). The van der Waals surface area contributed by atoms with E-state index in [4.69, 9.17) is 0 Å². The van der Waals surface area contributed by atoms with Gasteiger partial charge in [0.1, 0.15) is 5.69 Å². The molecule has 5 nitrogen and oxygen atoms in total. The highest BCUT2D eigenvalue weighted by molar-refractivity contribution is 5.93. The predicted molar refractivity (Wildman–Crippen MR) is 119 cm³/mol. The van der Waals surface area contributed by atoms with Crippen LogP contribution >= 0.6 is 0 Å². The summed E-state index contributed by atoms with van der Waals surface area (Å²) in [6.07, 6.45) is 3.70. The number of fused-ring (bicyclic) bond motifs is 3. The van der Waals surface area contributed by atoms with Gasteiger partial charge in [0.15, 0.2) is 0 Å². The van der Waals surface area contributed by atoms with Gasteiger partial charge in [0.2, 0.25) is 0 Å². The van der Waals surface area contributed by atoms with Gasteiger partial charge in [0.25, 0.3) is 0 Å². The van der Waals surface area contributed by atoms with Crippen molar-refractivity contribution in [2.24, 2.45) is 0 Å². The first-order valence-electron chi connectivity index (χ1n) is 10.2. The monoisotopic (exact) mass is 391 g/mol. The molecule has 30 heavy (non-hydrogen) atoms. The first-order valence-corrected chi connectivity index (χ1v) is 10.2. The molecule has 5 heteroatoms. The lowest BCUT2D eigenvalue weighted by molar-refractivity contribution is 0.295. The Kier molecular flexibility index (Phi) is 3.89. The van der Waals surface area contributed by atoms with Crippen molar-refractivity contribution in [1.29, 1.82) is 0 Å². The largest absolute Gasteiger partial charge is 0.301 e. The van der Waals surface area contributed by atoms with Crippen LogP contribution in [0.2, 0.25) is 0 Å². The molecule has 0 radical (unpaired) electrons. The topological polar surface area (TPSA) is 57.7 Å². The van der Waals surface area contributed by atoms with Gasteiger partial charge in [-0.3, -0.25) is 5.10 Å². The third-order valence-corrected chi connectivity index (χ3v) is 6.17. The maximum absolute atomic E-state index is 4.48. The molecule has 1 aliphatic rings. The van der Waals surface area contributed by atoms with Gasteiger partial charge in [-0.25, -0.2) is 0 Å². The molecule has 0 fully saturated rings. The molecule has 0 spiro atoms. The number of H-pyrrole nitrogens is 1. The fourth-order valence-electron chi connectivity index (χ4n) is 4.69. The lowest BCUT2D eigenvalue weighted by Crippen LogP contribution is -2.31. The van der Waals surface area contributed by atoms with Crippen molar-refractivity contribution in [3.05, 3.63) is 89.7 Å². The molecule has 0 saturated carbocycles. The number of aromatic nitrogens is 4. The fraction of sp³-hybridized carbons (Fsp3) is 0.160. The van der Waals surface area contributed by atoms with E-state index in [-0.39, 0.29) is 0 Å². The second-order valence-corrected chi connectivity index (χ2v) is 8.16. The molecular formula is C25H21N5. The van der Waals surface area contributed by atoms with Gasteiger partial charge in [0, 0.05) is 40.7 Å². The van der Waals surface area contributed by atoms with E-state index in [1.165, 1.54) is 16.7 Å². The lowest BCUT2D eigenvalue weighted by atomic mass is 9.83. The third kappa shape index (κ3) is 2.78. The molecule has 2 aromatic heterocycles. The van der Waals surface area contributed by atoms with E-state index in [0.717, 1.165) is 46.0 Å². The Morgan fingerprint density at radius 2 is 1.90 bits per heavy atom. The summed E-state index contributed by atoms with van der Waals surface area (Å²) in [4.78, 5) is 2.39. The minimum atomic E-state index is 0.333. The zero-order valence-electron chi connectivity index (χ0n) is 16.7. The summed E-state index contributed by atoms with van der Waals surface area (Å²) in [7, 11) is 2.19. The van der Waals surface area contributed by atoms with E-state index in [1.54, 1.807) is 0 Å². The van der Waals surface area contributed by atoms with Crippen LogP contribution < -0.4 is 0 Å². The number of hydrogen-bond acceptors (Lipinski definition) is 4. The SMILES string of the molecule is CN1Cc2cc(-c3nncc4ccccc34)ccc2C(c2ccc3cn[nH]c3c2)C1. The summed E-state index contributed by atoms with van der Waals surface area (Å²) < 4.78 is 0. The number of nitrogens with one attached hydrogen (secondary N) is 1. The van der Waals surface area contributed by atoms with Gasteiger partial charge in [-0.1, -0.05) is 48.5 Å². The fourth-order valence-corrected chi connectivity index (χ4v) is 4.69. The smallest absolute Gasteiger partial charge is 0.101 e. The molecule has 146 valence electrons. The quantitative estimate of drug-likeness (QED) is 0.472. The number of nitrogens with zero attached hydrogens (tertiary/aromatic N) is 4. The van der Waals surface area contributed by atoms with Crippen molar-refractivity contribution in [1.82, 2.24) is 25.3 Å². The minimum absolute atomic E-state index is 0.333. The maximum atomic E-state index is 4.48. The van der Waals surface area contributed by atoms with Crippen molar-refractivity contribution < 1.29 is 0 Å². The van der Waals surface area contributed by atoms with Gasteiger partial charge in [-0.2, -0.15) is 10.2 Å². The minimum Gasteiger partial charge on any atom is -0.301 e. The summed E-state index contributed by atoms with van der Waals surface area (Å²) in [5.74, 6) is 0.333. The zero-order chi connectivity index (χ0) is 20.1. The van der Waals surface area contributed by atoms with E-state index in [0.29, 0.717) is 5.92 Å². The van der Waals surface area contributed by atoms with E-state index in [1.807, 2.05) is 18.5 Å². The summed E-state index contributed by atoms with van der Waals surface area (Å²) in [6.45, 7) is 1.93. The average molecular weight is 391 g/mol. The normalized spacial score (nSPS) is 16.8. The maximum Gasteiger partial charge on any atom is 0.101 e. The van der Waals surface area contributed by atoms with Gasteiger partial charge in [-0.05, 0) is 35.9 Å². The van der Waals surface area contributed by atoms with Crippen molar-refractivity contribution in [2.75, 3.05) is 13.6 Å². The Morgan fingerprint density at radius 1 is 0.967 bits per heavy atom. The molecule has 0 aliphatic carbocycles. The van der Waals surface area contributed by atoms with E-state index in [2.05, 4.69) is 86.9 Å². The number of hydrogen-bond donors (Lipinski definition) is 1. The van der Waals surface area contributed by atoms with Crippen LogP contribution in [0.15, 0.2) is 73.1 Å². The molecule has 1 unspecified atom stereocenters. The van der Waals surface area contributed by atoms with Crippen LogP contribution in [0.4, 0.5) is 0 Å². The number of benzene rings is 3. The zero-order valence-corrected chi connectivity index (χ0v) is 16.7. The van der Waals surface area contributed by atoms with Crippen LogP contribution in [0.3, 0.4) is 0 Å². The summed E-state index contributed by atoms with van der Waals surface area (Å²) in [6, 6.07) is 21.7. The van der Waals surface area contributed by atoms with Crippen molar-refractivity contribution >= 4 is 21.7 Å². The Bertz CT molecular complexity index is 1380. The summed E-state index contributed by atoms with van der Waals surface area (Å²) in [5, 5.41) is 19.4. The Morgan fingerprint density at radius 3 is 2.87 bits per heavy atom. The second-order valence-electron chi connectivity index (χ2n) is 8.16. The Hall–Kier alpha value is -3.57. The van der Waals surface area contributed by atoms with Gasteiger partial charge < -0.3 is 4.90 Å². The molecule has 3 heterocycles. The first kappa shape index (κ1) is 17.3. The highest BCUT2D eigenvalue weighted by Gasteiger charge is 2.25. The first-order chi connectivity index (χ1) is 14.8. The van der Waals surface area contributed by atoms with Crippen molar-refractivity contribution in [3.63, 3.8) is 0 Å². The van der Waals surface area contributed by atoms with Crippen molar-refractivity contribution in [3.8, 4) is 11.3 Å². The molecule has 0 amide bonds. The van der Waals surface area contributed by atoms with Crippen LogP contribution in [0.5, 0.6) is 0 Å². The highest BCUT2D eigenvalue weighted by Crippen LogP contribution is 2.36. The number of aromatic amines is 1. The highest BCUT2D eigenvalue weighted by atomic mass is 15.1. The lowest BCUT2D eigenvalue weighted by Gasteiger charge is -2.33. The van der Waals surface area contributed by atoms with Crippen LogP contribution in [0.1, 0.15) is 22.6 Å². The number of likely N-dealkylation sites (N-methyl/N-ethyl adjacent to an activating group) is 1. The van der Waals surface area contributed by atoms with Crippen LogP contribution in [0.25, 0.3) is 32.9 Å². The third-order valence-electron chi connectivity index (χ3n) is 6.17. The van der Waals surface area contributed by atoms with E-state index >= 15 is 0 Å². The van der Waals surface area contributed by atoms with Crippen LogP contribution in [-0.4, -0.2) is 38.9 Å². The Balaban J connectivity index is 1.47. The average Bonchev–Trinajstić information content (AvgIpc) is 3.25. The summed E-state index contributed by atoms with van der Waals surface area (Å²) in [5.41, 5.74) is 7.22. The van der Waals surface area contributed by atoms with E-state index in [9.17, 15) is 0 Å². The molecule has 1 N–H and O–H groups in total. The van der Waals surface area contributed by atoms with E-state index < -0.39 is 0 Å². The molecule has 5 aromatic rings. The summed E-state index contributed by atoms with van der Waals surface area (Å²) >= 11 is 0. The standard InChI is InChI=1S/C25H21N5/c1-30-14-20-10-17(25-22-5-3-2-4-18(22)12-27-29-25)8-9-21(20)23(15-30)16-6-7-19-13-26-28-24(19)11-16/h2-13,23H,14-15H2,1H3,(H,26,28). The predicted octanol–water partition coefficient (Wildman–Crippen LogP) is 4.75. The molecule has 3 aromatic carbocycles. The van der Waals surface area contributed by atoms with Crippen molar-refractivity contribution in [2.45, 2.75) is 12.5 Å². The molecule has 0 bridgehead atoms. The molecule has 1 atom stereocenters.